The van der Waals surface area contributed by atoms with E-state index in [0.717, 1.165) is 24.2 Å². The molecule has 3 atom stereocenters. The molecule has 3 unspecified atom stereocenters. The lowest BCUT2D eigenvalue weighted by atomic mass is 9.71. The molecule has 1 fully saturated rings. The molecular formula is C17H33N. The van der Waals surface area contributed by atoms with E-state index >= 15 is 0 Å². The van der Waals surface area contributed by atoms with Crippen LogP contribution in [-0.4, -0.2) is 12.6 Å². The van der Waals surface area contributed by atoms with E-state index in [1.165, 1.54) is 44.2 Å². The van der Waals surface area contributed by atoms with E-state index in [4.69, 9.17) is 0 Å². The summed E-state index contributed by atoms with van der Waals surface area (Å²) in [5.74, 6) is 2.72. The molecule has 0 aromatic heterocycles. The van der Waals surface area contributed by atoms with Crippen LogP contribution in [0.4, 0.5) is 0 Å². The molecule has 0 aromatic carbocycles. The van der Waals surface area contributed by atoms with Crippen molar-refractivity contribution in [2.75, 3.05) is 6.54 Å². The Balaban J connectivity index is 2.53. The fourth-order valence-corrected chi connectivity index (χ4v) is 3.22. The van der Waals surface area contributed by atoms with E-state index in [1.807, 2.05) is 0 Å². The average molecular weight is 251 g/mol. The van der Waals surface area contributed by atoms with Crippen LogP contribution >= 0.6 is 0 Å². The van der Waals surface area contributed by atoms with Gasteiger partial charge in [-0.3, -0.25) is 0 Å². The smallest absolute Gasteiger partial charge is 0.00104 e. The first-order valence-corrected chi connectivity index (χ1v) is 7.96. The van der Waals surface area contributed by atoms with Gasteiger partial charge in [0.05, 0.1) is 0 Å². The van der Waals surface area contributed by atoms with E-state index in [0.29, 0.717) is 6.04 Å². The average Bonchev–Trinajstić information content (AvgIpc) is 2.36. The predicted molar refractivity (Wildman–Crippen MR) is 81.8 cm³/mol. The molecule has 1 saturated carbocycles. The highest BCUT2D eigenvalue weighted by Crippen LogP contribution is 2.38. The molecule has 0 heterocycles. The number of rotatable bonds is 7. The van der Waals surface area contributed by atoms with Crippen LogP contribution in [0.25, 0.3) is 0 Å². The maximum atomic E-state index is 4.23. The fourth-order valence-electron chi connectivity index (χ4n) is 3.22. The summed E-state index contributed by atoms with van der Waals surface area (Å²) in [7, 11) is 0. The minimum absolute atomic E-state index is 0.615. The van der Waals surface area contributed by atoms with Crippen LogP contribution in [0.15, 0.2) is 12.2 Å². The number of nitrogens with one attached hydrogen (secondary N) is 1. The van der Waals surface area contributed by atoms with Crippen molar-refractivity contribution in [3.05, 3.63) is 12.2 Å². The van der Waals surface area contributed by atoms with Crippen molar-refractivity contribution >= 4 is 0 Å². The summed E-state index contributed by atoms with van der Waals surface area (Å²) in [5.41, 5.74) is 1.45. The van der Waals surface area contributed by atoms with E-state index in [1.54, 1.807) is 0 Å². The van der Waals surface area contributed by atoms with Crippen molar-refractivity contribution in [1.82, 2.24) is 5.32 Å². The molecule has 0 spiro atoms. The van der Waals surface area contributed by atoms with Gasteiger partial charge in [0.15, 0.2) is 0 Å². The van der Waals surface area contributed by atoms with Gasteiger partial charge in [-0.25, -0.2) is 0 Å². The molecule has 106 valence electrons. The van der Waals surface area contributed by atoms with Crippen molar-refractivity contribution in [2.45, 2.75) is 72.3 Å². The molecule has 0 aromatic rings. The Hall–Kier alpha value is -0.300. The molecule has 1 N–H and O–H groups in total. The van der Waals surface area contributed by atoms with Gasteiger partial charge < -0.3 is 5.32 Å². The van der Waals surface area contributed by atoms with Gasteiger partial charge in [-0.1, -0.05) is 52.7 Å². The molecule has 18 heavy (non-hydrogen) atoms. The molecule has 0 bridgehead atoms. The summed E-state index contributed by atoms with van der Waals surface area (Å²) < 4.78 is 0. The van der Waals surface area contributed by atoms with Crippen molar-refractivity contribution < 1.29 is 0 Å². The van der Waals surface area contributed by atoms with Gasteiger partial charge in [0.1, 0.15) is 0 Å². The summed E-state index contributed by atoms with van der Waals surface area (Å²) >= 11 is 0. The molecule has 1 aliphatic rings. The summed E-state index contributed by atoms with van der Waals surface area (Å²) in [6.07, 6.45) is 8.06. The molecule has 0 radical (unpaired) electrons. The van der Waals surface area contributed by atoms with Crippen LogP contribution in [-0.2, 0) is 0 Å². The monoisotopic (exact) mass is 251 g/mol. The third-order valence-corrected chi connectivity index (χ3v) is 4.66. The topological polar surface area (TPSA) is 12.0 Å². The van der Waals surface area contributed by atoms with Gasteiger partial charge in [0, 0.05) is 6.04 Å². The Kier molecular flexibility index (Phi) is 6.99. The molecule has 1 heteroatoms. The molecular weight excluding hydrogens is 218 g/mol. The zero-order chi connectivity index (χ0) is 13.5. The summed E-state index contributed by atoms with van der Waals surface area (Å²) in [6, 6.07) is 0.615. The lowest BCUT2D eigenvalue weighted by molar-refractivity contribution is 0.168. The van der Waals surface area contributed by atoms with Crippen molar-refractivity contribution in [3.63, 3.8) is 0 Å². The zero-order valence-corrected chi connectivity index (χ0v) is 13.0. The third kappa shape index (κ3) is 5.14. The maximum absolute atomic E-state index is 4.23. The van der Waals surface area contributed by atoms with E-state index in [-0.39, 0.29) is 0 Å². The minimum Gasteiger partial charge on any atom is -0.314 e. The summed E-state index contributed by atoms with van der Waals surface area (Å²) in [6.45, 7) is 14.5. The normalized spacial score (nSPS) is 28.6. The lowest BCUT2D eigenvalue weighted by Crippen LogP contribution is -2.36. The van der Waals surface area contributed by atoms with Crippen LogP contribution in [0.1, 0.15) is 66.2 Å². The lowest BCUT2D eigenvalue weighted by Gasteiger charge is -2.37. The Morgan fingerprint density at radius 3 is 2.50 bits per heavy atom. The third-order valence-electron chi connectivity index (χ3n) is 4.66. The second-order valence-electron chi connectivity index (χ2n) is 6.48. The van der Waals surface area contributed by atoms with Gasteiger partial charge in [-0.15, -0.1) is 0 Å². The van der Waals surface area contributed by atoms with E-state index in [9.17, 15) is 0 Å². The first-order chi connectivity index (χ1) is 8.56. The second-order valence-corrected chi connectivity index (χ2v) is 6.48. The van der Waals surface area contributed by atoms with Crippen LogP contribution < -0.4 is 5.32 Å². The Morgan fingerprint density at radius 1 is 1.22 bits per heavy atom. The quantitative estimate of drug-likeness (QED) is 0.642. The fraction of sp³-hybridized carbons (Fsp3) is 0.882. The summed E-state index contributed by atoms with van der Waals surface area (Å²) in [4.78, 5) is 0. The number of hydrogen-bond donors (Lipinski definition) is 1. The highest BCUT2D eigenvalue weighted by atomic mass is 14.9. The second kappa shape index (κ2) is 7.99. The number of hydrogen-bond acceptors (Lipinski definition) is 1. The van der Waals surface area contributed by atoms with Crippen molar-refractivity contribution in [1.29, 1.82) is 0 Å². The van der Waals surface area contributed by atoms with Crippen molar-refractivity contribution in [2.24, 2.45) is 17.8 Å². The molecule has 0 saturated heterocycles. The van der Waals surface area contributed by atoms with Crippen LogP contribution in [0.2, 0.25) is 0 Å². The molecule has 0 aliphatic heterocycles. The highest BCUT2D eigenvalue weighted by Gasteiger charge is 2.29. The Morgan fingerprint density at radius 2 is 1.94 bits per heavy atom. The van der Waals surface area contributed by atoms with Crippen LogP contribution in [0.5, 0.6) is 0 Å². The minimum atomic E-state index is 0.615. The SMILES string of the molecule is C=C(CC)CC1CC(CC)CCC1CNC(C)C. The van der Waals surface area contributed by atoms with E-state index in [2.05, 4.69) is 39.6 Å². The van der Waals surface area contributed by atoms with Gasteiger partial charge in [-0.05, 0) is 50.0 Å². The maximum Gasteiger partial charge on any atom is 0.00104 e. The standard InChI is InChI=1S/C17H33N/c1-6-14(5)10-17-11-15(7-2)8-9-16(17)12-18-13(3)4/h13,15-18H,5-12H2,1-4H3. The van der Waals surface area contributed by atoms with Gasteiger partial charge in [-0.2, -0.15) is 0 Å². The molecule has 1 aliphatic carbocycles. The van der Waals surface area contributed by atoms with Crippen molar-refractivity contribution in [3.8, 4) is 0 Å². The Bertz CT molecular complexity index is 244. The van der Waals surface area contributed by atoms with E-state index < -0.39 is 0 Å². The molecule has 1 rings (SSSR count). The van der Waals surface area contributed by atoms with Crippen LogP contribution in [0.3, 0.4) is 0 Å². The number of allylic oxidation sites excluding steroid dienone is 1. The largest absolute Gasteiger partial charge is 0.314 e. The van der Waals surface area contributed by atoms with Gasteiger partial charge in [0.2, 0.25) is 0 Å². The summed E-state index contributed by atoms with van der Waals surface area (Å²) in [5, 5.41) is 3.64. The first-order valence-electron chi connectivity index (χ1n) is 7.96. The first kappa shape index (κ1) is 15.8. The van der Waals surface area contributed by atoms with Gasteiger partial charge in [0.25, 0.3) is 0 Å². The molecule has 1 nitrogen and oxygen atoms in total. The molecule has 0 amide bonds. The highest BCUT2D eigenvalue weighted by molar-refractivity contribution is 4.97. The zero-order valence-electron chi connectivity index (χ0n) is 13.0. The Labute approximate surface area is 114 Å². The van der Waals surface area contributed by atoms with Crippen LogP contribution in [0, 0.1) is 17.8 Å². The van der Waals surface area contributed by atoms with Gasteiger partial charge >= 0.3 is 0 Å². The predicted octanol–water partition coefficient (Wildman–Crippen LogP) is 4.78.